The Morgan fingerprint density at radius 3 is 2.68 bits per heavy atom. The number of rotatable bonds is 4. The maximum atomic E-state index is 12.7. The number of carbonyl (C=O) groups excluding carboxylic acids is 1. The molecule has 1 atom stereocenters. The number of aliphatic hydroxyl groups is 1. The third-order valence-electron chi connectivity index (χ3n) is 6.27. The molecular formula is C21H28N4O3. The fraction of sp³-hybridized carbons (Fsp3) is 0.571. The first-order valence-electron chi connectivity index (χ1n) is 9.96. The first kappa shape index (κ1) is 18.9. The number of pyridine rings is 1. The maximum Gasteiger partial charge on any atom is 0.223 e. The number of nitrogens with zero attached hydrogens (tertiary/aromatic N) is 4. The summed E-state index contributed by atoms with van der Waals surface area (Å²) in [5, 5.41) is 13.8. The number of anilines is 1. The molecule has 0 saturated carbocycles. The van der Waals surface area contributed by atoms with E-state index in [1.807, 2.05) is 36.9 Å². The van der Waals surface area contributed by atoms with Gasteiger partial charge < -0.3 is 19.4 Å². The molecule has 2 aliphatic rings. The van der Waals surface area contributed by atoms with Crippen LogP contribution in [0.2, 0.25) is 0 Å². The van der Waals surface area contributed by atoms with Crippen LogP contribution in [0.3, 0.4) is 0 Å². The van der Waals surface area contributed by atoms with Gasteiger partial charge in [0.1, 0.15) is 11.6 Å². The first-order valence-corrected chi connectivity index (χ1v) is 9.96. The lowest BCUT2D eigenvalue weighted by Gasteiger charge is -2.39. The molecule has 4 rings (SSSR count). The highest BCUT2D eigenvalue weighted by Gasteiger charge is 2.45. The van der Waals surface area contributed by atoms with E-state index in [2.05, 4.69) is 15.0 Å². The van der Waals surface area contributed by atoms with E-state index in [0.29, 0.717) is 18.7 Å². The van der Waals surface area contributed by atoms with Gasteiger partial charge in [-0.15, -0.1) is 0 Å². The van der Waals surface area contributed by atoms with Crippen LogP contribution >= 0.6 is 0 Å². The Balaban J connectivity index is 1.42. The summed E-state index contributed by atoms with van der Waals surface area (Å²) >= 11 is 0. The van der Waals surface area contributed by atoms with Crippen molar-refractivity contribution in [2.75, 3.05) is 24.5 Å². The van der Waals surface area contributed by atoms with E-state index in [1.54, 1.807) is 6.92 Å². The van der Waals surface area contributed by atoms with E-state index in [4.69, 9.17) is 4.52 Å². The second-order valence-electron chi connectivity index (χ2n) is 8.31. The third-order valence-corrected chi connectivity index (χ3v) is 6.27. The average molecular weight is 384 g/mol. The molecule has 28 heavy (non-hydrogen) atoms. The summed E-state index contributed by atoms with van der Waals surface area (Å²) < 4.78 is 5.25. The summed E-state index contributed by atoms with van der Waals surface area (Å²) in [5.74, 6) is 1.93. The van der Waals surface area contributed by atoms with Crippen molar-refractivity contribution in [3.05, 3.63) is 40.9 Å². The summed E-state index contributed by atoms with van der Waals surface area (Å²) in [5.41, 5.74) is 2.64. The molecule has 0 unspecified atom stereocenters. The zero-order valence-corrected chi connectivity index (χ0v) is 16.8. The number of amides is 1. The molecule has 0 aliphatic carbocycles. The highest BCUT2D eigenvalue weighted by Crippen LogP contribution is 2.42. The number of aryl methyl sites for hydroxylation is 2. The number of hydrogen-bond acceptors (Lipinski definition) is 6. The zero-order chi connectivity index (χ0) is 19.9. The summed E-state index contributed by atoms with van der Waals surface area (Å²) in [6, 6.07) is 5.79. The quantitative estimate of drug-likeness (QED) is 0.873. The van der Waals surface area contributed by atoms with Crippen molar-refractivity contribution in [1.82, 2.24) is 15.0 Å². The van der Waals surface area contributed by atoms with Crippen LogP contribution in [0.25, 0.3) is 0 Å². The van der Waals surface area contributed by atoms with Gasteiger partial charge in [-0.2, -0.15) is 0 Å². The van der Waals surface area contributed by atoms with Gasteiger partial charge in [0.25, 0.3) is 0 Å². The van der Waals surface area contributed by atoms with Crippen molar-refractivity contribution in [1.29, 1.82) is 0 Å². The standard InChI is InChI=1S/C21H28N4O3/c1-14-17(16(3)28-23-14)12-25-13-21(11-20(25)27)7-9-24(10-8-21)19-6-4-5-18(22-19)15(2)26/h4-6,15,26H,7-13H2,1-3H3/t15-/m1/s1. The van der Waals surface area contributed by atoms with Gasteiger partial charge in [0.05, 0.1) is 24.0 Å². The fourth-order valence-electron chi connectivity index (χ4n) is 4.44. The molecule has 2 fully saturated rings. The van der Waals surface area contributed by atoms with E-state index >= 15 is 0 Å². The molecule has 0 aromatic carbocycles. The molecular weight excluding hydrogens is 356 g/mol. The Hall–Kier alpha value is -2.41. The van der Waals surface area contributed by atoms with Gasteiger partial charge in [0, 0.05) is 37.0 Å². The Kier molecular flexibility index (Phi) is 4.87. The van der Waals surface area contributed by atoms with Crippen LogP contribution in [0, 0.1) is 19.3 Å². The van der Waals surface area contributed by atoms with Crippen LogP contribution in [0.4, 0.5) is 5.82 Å². The van der Waals surface area contributed by atoms with E-state index in [1.165, 1.54) is 0 Å². The molecule has 1 N–H and O–H groups in total. The Morgan fingerprint density at radius 1 is 1.29 bits per heavy atom. The molecule has 7 heteroatoms. The summed E-state index contributed by atoms with van der Waals surface area (Å²) in [6.45, 7) is 8.70. The molecule has 2 aromatic heterocycles. The van der Waals surface area contributed by atoms with Crippen molar-refractivity contribution >= 4 is 11.7 Å². The lowest BCUT2D eigenvalue weighted by Crippen LogP contribution is -2.42. The van der Waals surface area contributed by atoms with E-state index in [-0.39, 0.29) is 11.3 Å². The van der Waals surface area contributed by atoms with E-state index in [0.717, 1.165) is 55.3 Å². The predicted molar refractivity (Wildman–Crippen MR) is 105 cm³/mol. The number of piperidine rings is 1. The monoisotopic (exact) mass is 384 g/mol. The van der Waals surface area contributed by atoms with Crippen molar-refractivity contribution in [3.63, 3.8) is 0 Å². The van der Waals surface area contributed by atoms with Gasteiger partial charge in [0.15, 0.2) is 0 Å². The van der Waals surface area contributed by atoms with Gasteiger partial charge in [0.2, 0.25) is 5.91 Å². The Bertz CT molecular complexity index is 849. The minimum absolute atomic E-state index is 0.0500. The van der Waals surface area contributed by atoms with Gasteiger partial charge in [-0.1, -0.05) is 11.2 Å². The normalized spacial score (nSPS) is 20.2. The van der Waals surface area contributed by atoms with Gasteiger partial charge in [-0.25, -0.2) is 4.98 Å². The van der Waals surface area contributed by atoms with Gasteiger partial charge in [-0.05, 0) is 45.7 Å². The van der Waals surface area contributed by atoms with Gasteiger partial charge in [-0.3, -0.25) is 4.79 Å². The predicted octanol–water partition coefficient (Wildman–Crippen LogP) is 2.76. The number of aromatic nitrogens is 2. The maximum absolute atomic E-state index is 12.7. The molecule has 7 nitrogen and oxygen atoms in total. The minimum atomic E-state index is -0.568. The van der Waals surface area contributed by atoms with Crippen LogP contribution in [-0.4, -0.2) is 45.7 Å². The number of likely N-dealkylation sites (tertiary alicyclic amines) is 1. The number of carbonyl (C=O) groups is 1. The Morgan fingerprint density at radius 2 is 2.04 bits per heavy atom. The molecule has 0 bridgehead atoms. The lowest BCUT2D eigenvalue weighted by atomic mass is 9.77. The second-order valence-corrected chi connectivity index (χ2v) is 8.31. The lowest BCUT2D eigenvalue weighted by molar-refractivity contribution is -0.128. The average Bonchev–Trinajstić information content (AvgIpc) is 3.16. The van der Waals surface area contributed by atoms with Crippen LogP contribution < -0.4 is 4.90 Å². The van der Waals surface area contributed by atoms with E-state index in [9.17, 15) is 9.90 Å². The van der Waals surface area contributed by atoms with Crippen molar-refractivity contribution in [2.45, 2.75) is 52.7 Å². The fourth-order valence-corrected chi connectivity index (χ4v) is 4.44. The SMILES string of the molecule is Cc1noc(C)c1CN1CC2(CCN(c3cccc([C@@H](C)O)n3)CC2)CC1=O. The molecule has 2 saturated heterocycles. The summed E-state index contributed by atoms with van der Waals surface area (Å²) in [4.78, 5) is 21.5. The molecule has 4 heterocycles. The molecule has 2 aliphatic heterocycles. The van der Waals surface area contributed by atoms with Crippen LogP contribution in [-0.2, 0) is 11.3 Å². The summed E-state index contributed by atoms with van der Waals surface area (Å²) in [6.07, 6.45) is 1.99. The highest BCUT2D eigenvalue weighted by atomic mass is 16.5. The Labute approximate surface area is 165 Å². The number of aliphatic hydroxyl groups excluding tert-OH is 1. The van der Waals surface area contributed by atoms with Crippen LogP contribution in [0.15, 0.2) is 22.7 Å². The highest BCUT2D eigenvalue weighted by molar-refractivity contribution is 5.79. The van der Waals surface area contributed by atoms with E-state index < -0.39 is 6.10 Å². The van der Waals surface area contributed by atoms with Crippen molar-refractivity contribution in [3.8, 4) is 0 Å². The van der Waals surface area contributed by atoms with Crippen molar-refractivity contribution < 1.29 is 14.4 Å². The second kappa shape index (κ2) is 7.20. The smallest absolute Gasteiger partial charge is 0.223 e. The molecule has 2 aromatic rings. The number of hydrogen-bond donors (Lipinski definition) is 1. The van der Waals surface area contributed by atoms with Crippen LogP contribution in [0.1, 0.15) is 55.0 Å². The molecule has 150 valence electrons. The zero-order valence-electron chi connectivity index (χ0n) is 16.8. The van der Waals surface area contributed by atoms with Crippen LogP contribution in [0.5, 0.6) is 0 Å². The topological polar surface area (TPSA) is 82.7 Å². The third kappa shape index (κ3) is 3.51. The van der Waals surface area contributed by atoms with Gasteiger partial charge >= 0.3 is 0 Å². The molecule has 1 amide bonds. The molecule has 0 radical (unpaired) electrons. The van der Waals surface area contributed by atoms with Crippen molar-refractivity contribution in [2.24, 2.45) is 5.41 Å². The molecule has 1 spiro atoms. The summed E-state index contributed by atoms with van der Waals surface area (Å²) in [7, 11) is 0. The first-order chi connectivity index (χ1) is 13.4. The largest absolute Gasteiger partial charge is 0.387 e. The minimum Gasteiger partial charge on any atom is -0.387 e.